The molecule has 13 aromatic carbocycles. The number of hydrogen-bond donors (Lipinski definition) is 0. The third-order valence-corrected chi connectivity index (χ3v) is 16.7. The number of anilines is 6. The van der Waals surface area contributed by atoms with Gasteiger partial charge >= 0.3 is 0 Å². The van der Waals surface area contributed by atoms with Crippen LogP contribution in [-0.4, -0.2) is 0 Å². The quantitative estimate of drug-likeness (QED) is 0.166. The Hall–Kier alpha value is -10.2. The van der Waals surface area contributed by atoms with Crippen LogP contribution in [-0.2, 0) is 5.41 Å². The van der Waals surface area contributed by atoms with Gasteiger partial charge in [-0.1, -0.05) is 146 Å². The van der Waals surface area contributed by atoms with E-state index in [1.165, 1.54) is 76.8 Å². The van der Waals surface area contributed by atoms with Gasteiger partial charge < -0.3 is 18.6 Å². The second kappa shape index (κ2) is 15.9. The summed E-state index contributed by atoms with van der Waals surface area (Å²) < 4.78 is 12.6. The molecule has 4 nitrogen and oxygen atoms in total. The van der Waals surface area contributed by atoms with E-state index in [2.05, 4.69) is 252 Å². The molecule has 17 rings (SSSR count). The first kappa shape index (κ1) is 42.2. The molecular formula is C73H44N2O2. The van der Waals surface area contributed by atoms with Crippen molar-refractivity contribution >= 4 is 110 Å². The molecule has 2 aliphatic carbocycles. The van der Waals surface area contributed by atoms with Gasteiger partial charge in [0.2, 0.25) is 0 Å². The summed E-state index contributed by atoms with van der Waals surface area (Å²) in [6, 6.07) is 98.0. The molecule has 1 spiro atoms. The fourth-order valence-corrected chi connectivity index (χ4v) is 13.4. The molecule has 0 amide bonds. The minimum Gasteiger partial charge on any atom is -0.456 e. The van der Waals surface area contributed by atoms with Crippen LogP contribution >= 0.6 is 0 Å². The number of hydrogen-bond acceptors (Lipinski definition) is 4. The molecular weight excluding hydrogens is 937 g/mol. The Labute approximate surface area is 443 Å². The Morgan fingerprint density at radius 2 is 0.675 bits per heavy atom. The maximum atomic E-state index is 6.32. The smallest absolute Gasteiger partial charge is 0.135 e. The summed E-state index contributed by atoms with van der Waals surface area (Å²) in [5.74, 6) is 0. The Morgan fingerprint density at radius 1 is 0.234 bits per heavy atom. The molecule has 0 saturated carbocycles. The summed E-state index contributed by atoms with van der Waals surface area (Å²) in [6.07, 6.45) is 0. The Morgan fingerprint density at radius 3 is 1.25 bits per heavy atom. The molecule has 358 valence electrons. The molecule has 0 aliphatic heterocycles. The molecule has 77 heavy (non-hydrogen) atoms. The molecule has 0 fully saturated rings. The summed E-state index contributed by atoms with van der Waals surface area (Å²) in [6.45, 7) is 0. The van der Waals surface area contributed by atoms with E-state index in [1.54, 1.807) is 0 Å². The van der Waals surface area contributed by atoms with E-state index in [-0.39, 0.29) is 0 Å². The highest BCUT2D eigenvalue weighted by Gasteiger charge is 2.52. The highest BCUT2D eigenvalue weighted by Crippen LogP contribution is 2.65. The van der Waals surface area contributed by atoms with Gasteiger partial charge in [-0.2, -0.15) is 0 Å². The first-order valence-corrected chi connectivity index (χ1v) is 26.5. The van der Waals surface area contributed by atoms with E-state index in [9.17, 15) is 0 Å². The lowest BCUT2D eigenvalue weighted by molar-refractivity contribution is 0.668. The fourth-order valence-electron chi connectivity index (χ4n) is 13.4. The minimum absolute atomic E-state index is 0.603. The van der Waals surface area contributed by atoms with Crippen molar-refractivity contribution in [2.24, 2.45) is 0 Å². The van der Waals surface area contributed by atoms with Crippen molar-refractivity contribution in [3.8, 4) is 22.3 Å². The van der Waals surface area contributed by atoms with Crippen LogP contribution in [0.1, 0.15) is 22.3 Å². The number of nitrogens with zero attached hydrogens (tertiary/aromatic N) is 2. The number of rotatable bonds is 6. The Balaban J connectivity index is 0.895. The Kier molecular flexibility index (Phi) is 8.73. The molecule has 0 atom stereocenters. The van der Waals surface area contributed by atoms with Gasteiger partial charge in [0.15, 0.2) is 0 Å². The summed E-state index contributed by atoms with van der Waals surface area (Å²) in [5, 5.41) is 11.7. The van der Waals surface area contributed by atoms with Crippen LogP contribution in [0.15, 0.2) is 276 Å². The standard InChI is InChI=1S/C73H44N2O2/c1-3-16-50(17-4-1)74(54-32-35-70-62(43-54)57-21-10-13-25-68(57)76-70)52-30-27-46-39-60-61-40-47-28-31-53(75(51-18-5-2-6-19-51)55-33-36-71-63(44-55)58-22-11-14-26-69(58)77-71)38-49(47)42-67(61)73(66(60)41-48(46)37-52)64-24-12-9-23-59(64)72-56-20-8-7-15-45(56)29-34-65(72)73/h1-44H. The molecule has 0 radical (unpaired) electrons. The first-order chi connectivity index (χ1) is 38.1. The van der Waals surface area contributed by atoms with Crippen molar-refractivity contribution in [3.63, 3.8) is 0 Å². The average molecular weight is 981 g/mol. The van der Waals surface area contributed by atoms with E-state index in [1.807, 2.05) is 24.3 Å². The molecule has 0 unspecified atom stereocenters. The van der Waals surface area contributed by atoms with Crippen LogP contribution in [0.3, 0.4) is 0 Å². The van der Waals surface area contributed by atoms with Crippen molar-refractivity contribution in [2.45, 2.75) is 5.41 Å². The van der Waals surface area contributed by atoms with E-state index in [0.29, 0.717) is 0 Å². The zero-order valence-electron chi connectivity index (χ0n) is 41.6. The normalized spacial score (nSPS) is 13.0. The maximum absolute atomic E-state index is 6.32. The molecule has 0 saturated heterocycles. The van der Waals surface area contributed by atoms with Crippen molar-refractivity contribution in [3.05, 3.63) is 289 Å². The minimum atomic E-state index is -0.603. The summed E-state index contributed by atoms with van der Waals surface area (Å²) in [5.41, 5.74) is 19.8. The zero-order valence-corrected chi connectivity index (χ0v) is 41.6. The van der Waals surface area contributed by atoms with Crippen LogP contribution in [0.25, 0.3) is 98.4 Å². The van der Waals surface area contributed by atoms with Crippen molar-refractivity contribution < 1.29 is 8.83 Å². The largest absolute Gasteiger partial charge is 0.456 e. The molecule has 2 aliphatic rings. The average Bonchev–Trinajstić information content (AvgIpc) is 3.94. The van der Waals surface area contributed by atoms with E-state index in [0.717, 1.165) is 78.0 Å². The van der Waals surface area contributed by atoms with Crippen LogP contribution < -0.4 is 9.80 Å². The molecule has 4 heteroatoms. The van der Waals surface area contributed by atoms with Gasteiger partial charge in [0.05, 0.1) is 5.41 Å². The topological polar surface area (TPSA) is 32.8 Å². The van der Waals surface area contributed by atoms with Crippen molar-refractivity contribution in [2.75, 3.05) is 9.80 Å². The highest BCUT2D eigenvalue weighted by atomic mass is 16.3. The zero-order chi connectivity index (χ0) is 50.3. The lowest BCUT2D eigenvalue weighted by Gasteiger charge is -2.31. The van der Waals surface area contributed by atoms with E-state index in [4.69, 9.17) is 8.83 Å². The molecule has 15 aromatic rings. The third-order valence-electron chi connectivity index (χ3n) is 16.7. The van der Waals surface area contributed by atoms with Crippen molar-refractivity contribution in [1.82, 2.24) is 0 Å². The maximum Gasteiger partial charge on any atom is 0.135 e. The van der Waals surface area contributed by atoms with Gasteiger partial charge in [0.25, 0.3) is 0 Å². The third kappa shape index (κ3) is 6.04. The fraction of sp³-hybridized carbons (Fsp3) is 0.0137. The van der Waals surface area contributed by atoms with Crippen molar-refractivity contribution in [1.29, 1.82) is 0 Å². The Bertz CT molecular complexity index is 4710. The predicted octanol–water partition coefficient (Wildman–Crippen LogP) is 20.2. The second-order valence-corrected chi connectivity index (χ2v) is 20.8. The van der Waals surface area contributed by atoms with Gasteiger partial charge in [0.1, 0.15) is 22.3 Å². The molecule has 2 heterocycles. The number of furan rings is 2. The van der Waals surface area contributed by atoms with Crippen LogP contribution in [0.4, 0.5) is 34.1 Å². The van der Waals surface area contributed by atoms with Gasteiger partial charge in [-0.05, 0) is 198 Å². The monoisotopic (exact) mass is 980 g/mol. The number of benzene rings is 13. The van der Waals surface area contributed by atoms with Crippen LogP contribution in [0.2, 0.25) is 0 Å². The predicted molar refractivity (Wildman–Crippen MR) is 319 cm³/mol. The lowest BCUT2D eigenvalue weighted by atomic mass is 9.70. The number of para-hydroxylation sites is 4. The second-order valence-electron chi connectivity index (χ2n) is 20.8. The molecule has 0 N–H and O–H groups in total. The van der Waals surface area contributed by atoms with Gasteiger partial charge in [-0.15, -0.1) is 0 Å². The van der Waals surface area contributed by atoms with Crippen LogP contribution in [0, 0.1) is 0 Å². The summed E-state index contributed by atoms with van der Waals surface area (Å²) in [7, 11) is 0. The summed E-state index contributed by atoms with van der Waals surface area (Å²) in [4.78, 5) is 4.76. The summed E-state index contributed by atoms with van der Waals surface area (Å²) >= 11 is 0. The molecule has 0 bridgehead atoms. The van der Waals surface area contributed by atoms with E-state index < -0.39 is 5.41 Å². The number of fused-ring (bicyclic) bond motifs is 20. The lowest BCUT2D eigenvalue weighted by Crippen LogP contribution is -2.26. The van der Waals surface area contributed by atoms with E-state index >= 15 is 0 Å². The first-order valence-electron chi connectivity index (χ1n) is 26.5. The van der Waals surface area contributed by atoms with Gasteiger partial charge in [0, 0.05) is 55.7 Å². The van der Waals surface area contributed by atoms with Crippen LogP contribution in [0.5, 0.6) is 0 Å². The highest BCUT2D eigenvalue weighted by molar-refractivity contribution is 6.11. The SMILES string of the molecule is c1ccc(N(c2ccc3cc4c(cc3c2)C2(c3cc5cc(N(c6ccccc6)c6ccc7oc8ccccc8c7c6)ccc5cc3-4)c3ccccc3-c3c2ccc2ccccc32)c2ccc3oc4ccccc4c3c2)cc1. The molecule has 2 aromatic heterocycles. The van der Waals surface area contributed by atoms with Gasteiger partial charge in [-0.3, -0.25) is 0 Å². The van der Waals surface area contributed by atoms with Gasteiger partial charge in [-0.25, -0.2) is 0 Å².